The molecular formula is C7H10ClNO. The molecule has 0 fully saturated rings. The number of hydrogen-bond acceptors (Lipinski definition) is 2. The fourth-order valence-corrected chi connectivity index (χ4v) is 1.12. The van der Waals surface area contributed by atoms with Crippen molar-refractivity contribution in [3.63, 3.8) is 0 Å². The first kappa shape index (κ1) is 7.63. The van der Waals surface area contributed by atoms with Crippen LogP contribution in [0.25, 0.3) is 0 Å². The lowest BCUT2D eigenvalue weighted by Gasteiger charge is -2.21. The molecule has 2 N–H and O–H groups in total. The normalized spacial score (nSPS) is 27.1. The van der Waals surface area contributed by atoms with Crippen LogP contribution < -0.4 is 5.73 Å². The fourth-order valence-electron chi connectivity index (χ4n) is 0.796. The molecule has 1 aliphatic heterocycles. The summed E-state index contributed by atoms with van der Waals surface area (Å²) in [6.07, 6.45) is 4.98. The maximum atomic E-state index is 5.78. The first-order valence-electron chi connectivity index (χ1n) is 3.15. The van der Waals surface area contributed by atoms with Gasteiger partial charge in [-0.2, -0.15) is 0 Å². The maximum Gasteiger partial charge on any atom is 0.148 e. The molecule has 10 heavy (non-hydrogen) atoms. The Kier molecular flexibility index (Phi) is 2.35. The largest absolute Gasteiger partial charge is 0.491 e. The van der Waals surface area contributed by atoms with E-state index >= 15 is 0 Å². The zero-order valence-corrected chi connectivity index (χ0v) is 6.51. The van der Waals surface area contributed by atoms with E-state index in [1.54, 1.807) is 18.4 Å². The molecule has 0 radical (unpaired) electrons. The lowest BCUT2D eigenvalue weighted by molar-refractivity contribution is 0.158. The van der Waals surface area contributed by atoms with E-state index in [1.165, 1.54) is 0 Å². The molecular weight excluding hydrogens is 150 g/mol. The van der Waals surface area contributed by atoms with Gasteiger partial charge in [-0.05, 0) is 19.1 Å². The number of hydrogen-bond donors (Lipinski definition) is 1. The number of halogens is 1. The summed E-state index contributed by atoms with van der Waals surface area (Å²) in [7, 11) is 0. The molecule has 0 aromatic carbocycles. The van der Waals surface area contributed by atoms with Crippen molar-refractivity contribution in [1.82, 2.24) is 0 Å². The Morgan fingerprint density at radius 2 is 2.50 bits per heavy atom. The molecule has 56 valence electrons. The molecule has 2 unspecified atom stereocenters. The molecule has 0 aliphatic carbocycles. The third-order valence-electron chi connectivity index (χ3n) is 1.31. The zero-order chi connectivity index (χ0) is 7.56. The van der Waals surface area contributed by atoms with Crippen LogP contribution in [-0.4, -0.2) is 12.1 Å². The highest BCUT2D eigenvalue weighted by Crippen LogP contribution is 2.18. The van der Waals surface area contributed by atoms with Gasteiger partial charge >= 0.3 is 0 Å². The van der Waals surface area contributed by atoms with E-state index in [4.69, 9.17) is 22.1 Å². The van der Waals surface area contributed by atoms with Gasteiger partial charge in [-0.15, -0.1) is 0 Å². The van der Waals surface area contributed by atoms with E-state index < -0.39 is 0 Å². The number of rotatable bonds is 1. The summed E-state index contributed by atoms with van der Waals surface area (Å²) in [6, 6.07) is -0.0614. The van der Waals surface area contributed by atoms with Crippen molar-refractivity contribution in [2.45, 2.75) is 19.1 Å². The zero-order valence-electron chi connectivity index (χ0n) is 5.75. The second-order valence-electron chi connectivity index (χ2n) is 2.30. The molecule has 0 amide bonds. The van der Waals surface area contributed by atoms with Crippen LogP contribution >= 0.6 is 11.6 Å². The number of allylic oxidation sites excluding steroid dienone is 2. The smallest absolute Gasteiger partial charge is 0.148 e. The van der Waals surface area contributed by atoms with Crippen LogP contribution in [0.3, 0.4) is 0 Å². The van der Waals surface area contributed by atoms with Crippen LogP contribution in [0.4, 0.5) is 0 Å². The summed E-state index contributed by atoms with van der Waals surface area (Å²) in [5.74, 6) is 0. The van der Waals surface area contributed by atoms with Crippen molar-refractivity contribution in [2.75, 3.05) is 0 Å². The minimum Gasteiger partial charge on any atom is -0.491 e. The van der Waals surface area contributed by atoms with Crippen molar-refractivity contribution in [2.24, 2.45) is 5.73 Å². The monoisotopic (exact) mass is 159 g/mol. The summed E-state index contributed by atoms with van der Waals surface area (Å²) in [4.78, 5) is 0. The van der Waals surface area contributed by atoms with Gasteiger partial charge in [0.25, 0.3) is 0 Å². The topological polar surface area (TPSA) is 35.2 Å². The number of ether oxygens (including phenoxy) is 1. The standard InChI is InChI=1S/C7H10ClNO/c1-5(9)7-6(8)3-2-4-10-7/h2-5,7H,9H2,1H3. The quantitative estimate of drug-likeness (QED) is 0.627. The van der Waals surface area contributed by atoms with Crippen molar-refractivity contribution < 1.29 is 4.74 Å². The second kappa shape index (κ2) is 3.08. The molecule has 0 spiro atoms. The van der Waals surface area contributed by atoms with E-state index in [1.807, 2.05) is 6.92 Å². The molecule has 0 aromatic rings. The predicted molar refractivity (Wildman–Crippen MR) is 41.6 cm³/mol. The minimum absolute atomic E-state index is 0.0614. The van der Waals surface area contributed by atoms with Gasteiger partial charge in [-0.25, -0.2) is 0 Å². The average molecular weight is 160 g/mol. The van der Waals surface area contributed by atoms with Gasteiger partial charge in [-0.3, -0.25) is 0 Å². The molecule has 1 rings (SSSR count). The summed E-state index contributed by atoms with van der Waals surface area (Å²) in [5, 5.41) is 0.664. The van der Waals surface area contributed by atoms with E-state index in [9.17, 15) is 0 Å². The first-order valence-corrected chi connectivity index (χ1v) is 3.53. The maximum absolute atomic E-state index is 5.78. The van der Waals surface area contributed by atoms with Crippen molar-refractivity contribution in [3.05, 3.63) is 23.4 Å². The van der Waals surface area contributed by atoms with Crippen LogP contribution in [0.5, 0.6) is 0 Å². The van der Waals surface area contributed by atoms with Gasteiger partial charge < -0.3 is 10.5 Å². The van der Waals surface area contributed by atoms with Gasteiger partial charge in [0.2, 0.25) is 0 Å². The Morgan fingerprint density at radius 3 is 2.90 bits per heavy atom. The van der Waals surface area contributed by atoms with Gasteiger partial charge in [0, 0.05) is 6.04 Å². The Hall–Kier alpha value is -0.470. The van der Waals surface area contributed by atoms with Crippen LogP contribution in [0.2, 0.25) is 0 Å². The highest BCUT2D eigenvalue weighted by molar-refractivity contribution is 6.30. The van der Waals surface area contributed by atoms with Crippen LogP contribution in [0, 0.1) is 0 Å². The van der Waals surface area contributed by atoms with Crippen LogP contribution in [-0.2, 0) is 4.74 Å². The molecule has 0 saturated carbocycles. The first-order chi connectivity index (χ1) is 4.72. The van der Waals surface area contributed by atoms with Crippen molar-refractivity contribution in [3.8, 4) is 0 Å². The Balaban J connectivity index is 2.64. The summed E-state index contributed by atoms with van der Waals surface area (Å²) < 4.78 is 5.15. The van der Waals surface area contributed by atoms with Crippen molar-refractivity contribution >= 4 is 11.6 Å². The molecule has 1 heterocycles. The third-order valence-corrected chi connectivity index (χ3v) is 1.65. The van der Waals surface area contributed by atoms with Gasteiger partial charge in [0.05, 0.1) is 11.3 Å². The lowest BCUT2D eigenvalue weighted by Crippen LogP contribution is -2.33. The highest BCUT2D eigenvalue weighted by atomic mass is 35.5. The Bertz CT molecular complexity index is 174. The number of nitrogens with two attached hydrogens (primary N) is 1. The summed E-state index contributed by atoms with van der Waals surface area (Å²) >= 11 is 5.78. The Labute approximate surface area is 65.3 Å². The van der Waals surface area contributed by atoms with Crippen molar-refractivity contribution in [1.29, 1.82) is 0 Å². The van der Waals surface area contributed by atoms with Crippen LogP contribution in [0.15, 0.2) is 23.4 Å². The van der Waals surface area contributed by atoms with Gasteiger partial charge in [0.1, 0.15) is 6.10 Å². The molecule has 2 nitrogen and oxygen atoms in total. The van der Waals surface area contributed by atoms with E-state index in [0.29, 0.717) is 5.03 Å². The molecule has 1 aliphatic rings. The second-order valence-corrected chi connectivity index (χ2v) is 2.73. The SMILES string of the molecule is CC(N)C1OC=CC=C1Cl. The fraction of sp³-hybridized carbons (Fsp3) is 0.429. The summed E-state index contributed by atoms with van der Waals surface area (Å²) in [5.41, 5.74) is 5.57. The van der Waals surface area contributed by atoms with E-state index in [0.717, 1.165) is 0 Å². The lowest BCUT2D eigenvalue weighted by atomic mass is 10.1. The Morgan fingerprint density at radius 1 is 1.80 bits per heavy atom. The molecule has 0 saturated heterocycles. The molecule has 0 bridgehead atoms. The predicted octanol–water partition coefficient (Wildman–Crippen LogP) is 1.37. The van der Waals surface area contributed by atoms with Gasteiger partial charge in [-0.1, -0.05) is 11.6 Å². The van der Waals surface area contributed by atoms with E-state index in [-0.39, 0.29) is 12.1 Å². The van der Waals surface area contributed by atoms with Crippen LogP contribution in [0.1, 0.15) is 6.92 Å². The average Bonchev–Trinajstić information content (AvgIpc) is 1.88. The molecule has 0 aromatic heterocycles. The minimum atomic E-state index is -0.160. The summed E-state index contributed by atoms with van der Waals surface area (Å²) in [6.45, 7) is 1.86. The third kappa shape index (κ3) is 1.52. The highest BCUT2D eigenvalue weighted by Gasteiger charge is 2.18. The van der Waals surface area contributed by atoms with E-state index in [2.05, 4.69) is 0 Å². The molecule has 3 heteroatoms. The van der Waals surface area contributed by atoms with Gasteiger partial charge in [0.15, 0.2) is 0 Å². The molecule has 2 atom stereocenters.